The van der Waals surface area contributed by atoms with Gasteiger partial charge in [-0.3, -0.25) is 9.59 Å². The molecule has 0 saturated heterocycles. The molecule has 0 aliphatic carbocycles. The Bertz CT molecular complexity index is 1030. The average Bonchev–Trinajstić information content (AvgIpc) is 2.69. The summed E-state index contributed by atoms with van der Waals surface area (Å²) in [6, 6.07) is 19.1. The second-order valence-corrected chi connectivity index (χ2v) is 6.53. The zero-order valence-electron chi connectivity index (χ0n) is 15.5. The number of nitrogens with one attached hydrogen (secondary N) is 2. The largest absolute Gasteiger partial charge is 0.494 e. The normalized spacial score (nSPS) is 10.2. The molecule has 0 spiro atoms. The van der Waals surface area contributed by atoms with Crippen molar-refractivity contribution < 1.29 is 14.3 Å². The molecule has 142 valence electrons. The van der Waals surface area contributed by atoms with Crippen LogP contribution in [0.2, 0.25) is 5.02 Å². The Morgan fingerprint density at radius 1 is 0.857 bits per heavy atom. The lowest BCUT2D eigenvalue weighted by atomic mass is 10.1. The van der Waals surface area contributed by atoms with E-state index in [1.165, 1.54) is 7.11 Å². The van der Waals surface area contributed by atoms with Crippen LogP contribution in [0.5, 0.6) is 5.75 Å². The zero-order chi connectivity index (χ0) is 20.1. The minimum Gasteiger partial charge on any atom is -0.494 e. The number of amides is 2. The van der Waals surface area contributed by atoms with E-state index in [-0.39, 0.29) is 11.8 Å². The van der Waals surface area contributed by atoms with E-state index in [1.54, 1.807) is 48.5 Å². The van der Waals surface area contributed by atoms with Crippen LogP contribution >= 0.6 is 11.6 Å². The van der Waals surface area contributed by atoms with Crippen LogP contribution in [0.3, 0.4) is 0 Å². The average molecular weight is 395 g/mol. The number of anilines is 2. The van der Waals surface area contributed by atoms with Gasteiger partial charge in [0.1, 0.15) is 5.75 Å². The first-order valence-electron chi connectivity index (χ1n) is 8.60. The lowest BCUT2D eigenvalue weighted by Gasteiger charge is -2.13. The quantitative estimate of drug-likeness (QED) is 0.628. The molecule has 0 saturated carbocycles. The third-order valence-corrected chi connectivity index (χ3v) is 4.55. The first kappa shape index (κ1) is 19.5. The fourth-order valence-electron chi connectivity index (χ4n) is 2.73. The van der Waals surface area contributed by atoms with Crippen molar-refractivity contribution in [3.8, 4) is 5.75 Å². The lowest BCUT2D eigenvalue weighted by molar-refractivity contribution is 0.101. The van der Waals surface area contributed by atoms with E-state index in [0.717, 1.165) is 5.56 Å². The van der Waals surface area contributed by atoms with E-state index in [4.69, 9.17) is 16.3 Å². The molecule has 0 bridgehead atoms. The molecule has 6 heteroatoms. The van der Waals surface area contributed by atoms with Crippen LogP contribution < -0.4 is 15.4 Å². The molecule has 0 radical (unpaired) electrons. The summed E-state index contributed by atoms with van der Waals surface area (Å²) in [4.78, 5) is 25.0. The van der Waals surface area contributed by atoms with Gasteiger partial charge < -0.3 is 15.4 Å². The monoisotopic (exact) mass is 394 g/mol. The number of methoxy groups -OCH3 is 1. The summed E-state index contributed by atoms with van der Waals surface area (Å²) in [7, 11) is 1.49. The minimum atomic E-state index is -0.347. The van der Waals surface area contributed by atoms with Crippen LogP contribution in [0.4, 0.5) is 11.4 Å². The lowest BCUT2D eigenvalue weighted by Crippen LogP contribution is -2.15. The smallest absolute Gasteiger partial charge is 0.257 e. The SMILES string of the molecule is COc1cc(NC(=O)c2ccccc2C)ccc1NC(=O)c1ccccc1Cl. The van der Waals surface area contributed by atoms with Crippen molar-refractivity contribution in [2.24, 2.45) is 0 Å². The summed E-state index contributed by atoms with van der Waals surface area (Å²) in [6.45, 7) is 1.88. The highest BCUT2D eigenvalue weighted by Gasteiger charge is 2.14. The van der Waals surface area contributed by atoms with E-state index in [0.29, 0.717) is 33.3 Å². The number of carbonyl (C=O) groups is 2. The van der Waals surface area contributed by atoms with Gasteiger partial charge >= 0.3 is 0 Å². The maximum atomic E-state index is 12.5. The molecule has 0 fully saturated rings. The molecule has 28 heavy (non-hydrogen) atoms. The highest BCUT2D eigenvalue weighted by Crippen LogP contribution is 2.29. The van der Waals surface area contributed by atoms with Gasteiger partial charge in [-0.25, -0.2) is 0 Å². The molecule has 0 aromatic heterocycles. The maximum absolute atomic E-state index is 12.5. The second kappa shape index (κ2) is 8.59. The van der Waals surface area contributed by atoms with Crippen LogP contribution in [0, 0.1) is 6.92 Å². The van der Waals surface area contributed by atoms with Crippen LogP contribution in [0.25, 0.3) is 0 Å². The van der Waals surface area contributed by atoms with E-state index >= 15 is 0 Å². The molecule has 0 atom stereocenters. The Labute approximate surface area is 168 Å². The summed E-state index contributed by atoms with van der Waals surface area (Å²) < 4.78 is 5.36. The van der Waals surface area contributed by atoms with E-state index in [9.17, 15) is 9.59 Å². The Morgan fingerprint density at radius 3 is 2.18 bits per heavy atom. The summed E-state index contributed by atoms with van der Waals surface area (Å²) in [5.74, 6) is -0.142. The summed E-state index contributed by atoms with van der Waals surface area (Å²) in [5.41, 5.74) is 2.87. The molecule has 0 aliphatic heterocycles. The van der Waals surface area contributed by atoms with Gasteiger partial charge in [-0.05, 0) is 42.8 Å². The highest BCUT2D eigenvalue weighted by molar-refractivity contribution is 6.34. The molecule has 0 heterocycles. The molecule has 2 N–H and O–H groups in total. The highest BCUT2D eigenvalue weighted by atomic mass is 35.5. The van der Waals surface area contributed by atoms with Crippen LogP contribution in [0.1, 0.15) is 26.3 Å². The van der Waals surface area contributed by atoms with Gasteiger partial charge in [-0.15, -0.1) is 0 Å². The molecule has 0 aliphatic rings. The second-order valence-electron chi connectivity index (χ2n) is 6.12. The van der Waals surface area contributed by atoms with Crippen LogP contribution in [-0.4, -0.2) is 18.9 Å². The van der Waals surface area contributed by atoms with Gasteiger partial charge in [0.25, 0.3) is 11.8 Å². The van der Waals surface area contributed by atoms with Gasteiger partial charge in [0.05, 0.1) is 23.4 Å². The number of benzene rings is 3. The fraction of sp³-hybridized carbons (Fsp3) is 0.0909. The molecule has 3 aromatic rings. The summed E-state index contributed by atoms with van der Waals surface area (Å²) in [5, 5.41) is 5.98. The first-order valence-corrected chi connectivity index (χ1v) is 8.98. The predicted octanol–water partition coefficient (Wildman–Crippen LogP) is 5.16. The van der Waals surface area contributed by atoms with Crippen LogP contribution in [0.15, 0.2) is 66.7 Å². The third-order valence-electron chi connectivity index (χ3n) is 4.22. The first-order chi connectivity index (χ1) is 13.5. The zero-order valence-corrected chi connectivity index (χ0v) is 16.2. The van der Waals surface area contributed by atoms with Gasteiger partial charge in [0.15, 0.2) is 0 Å². The standard InChI is InChI=1S/C22H19ClN2O3/c1-14-7-3-4-8-16(14)21(26)24-15-11-12-19(20(13-15)28-2)25-22(27)17-9-5-6-10-18(17)23/h3-13H,1-2H3,(H,24,26)(H,25,27). The topological polar surface area (TPSA) is 67.4 Å². The van der Waals surface area contributed by atoms with E-state index < -0.39 is 0 Å². The Morgan fingerprint density at radius 2 is 1.50 bits per heavy atom. The number of hydrogen-bond acceptors (Lipinski definition) is 3. The van der Waals surface area contributed by atoms with Gasteiger partial charge in [0.2, 0.25) is 0 Å². The molecule has 3 aromatic carbocycles. The third kappa shape index (κ3) is 4.32. The van der Waals surface area contributed by atoms with E-state index in [1.807, 2.05) is 25.1 Å². The minimum absolute atomic E-state index is 0.215. The Hall–Kier alpha value is -3.31. The molecule has 5 nitrogen and oxygen atoms in total. The van der Waals surface area contributed by atoms with Crippen LogP contribution in [-0.2, 0) is 0 Å². The van der Waals surface area contributed by atoms with Crippen molar-refractivity contribution in [3.63, 3.8) is 0 Å². The molecular formula is C22H19ClN2O3. The van der Waals surface area contributed by atoms with Gasteiger partial charge in [-0.1, -0.05) is 41.9 Å². The molecule has 3 rings (SSSR count). The Balaban J connectivity index is 1.79. The molecular weight excluding hydrogens is 376 g/mol. The van der Waals surface area contributed by atoms with Crippen molar-refractivity contribution in [2.45, 2.75) is 6.92 Å². The van der Waals surface area contributed by atoms with Crippen molar-refractivity contribution >= 4 is 34.8 Å². The van der Waals surface area contributed by atoms with E-state index in [2.05, 4.69) is 10.6 Å². The fourth-order valence-corrected chi connectivity index (χ4v) is 2.95. The number of halogens is 1. The molecule has 0 unspecified atom stereocenters. The molecule has 2 amide bonds. The van der Waals surface area contributed by atoms with Crippen molar-refractivity contribution in [3.05, 3.63) is 88.4 Å². The van der Waals surface area contributed by atoms with Crippen molar-refractivity contribution in [1.29, 1.82) is 0 Å². The predicted molar refractivity (Wildman–Crippen MR) is 112 cm³/mol. The van der Waals surface area contributed by atoms with Crippen molar-refractivity contribution in [2.75, 3.05) is 17.7 Å². The number of carbonyl (C=O) groups excluding carboxylic acids is 2. The summed E-state index contributed by atoms with van der Waals surface area (Å²) in [6.07, 6.45) is 0. The number of ether oxygens (including phenoxy) is 1. The number of rotatable bonds is 5. The Kier molecular flexibility index (Phi) is 5.96. The maximum Gasteiger partial charge on any atom is 0.257 e. The summed E-state index contributed by atoms with van der Waals surface area (Å²) >= 11 is 6.07. The van der Waals surface area contributed by atoms with Gasteiger partial charge in [-0.2, -0.15) is 0 Å². The number of hydrogen-bond donors (Lipinski definition) is 2. The van der Waals surface area contributed by atoms with Gasteiger partial charge in [0, 0.05) is 17.3 Å². The van der Waals surface area contributed by atoms with Crippen molar-refractivity contribution in [1.82, 2.24) is 0 Å². The number of aryl methyl sites for hydroxylation is 1.